The summed E-state index contributed by atoms with van der Waals surface area (Å²) in [6.07, 6.45) is 1.91. The van der Waals surface area contributed by atoms with Gasteiger partial charge in [0, 0.05) is 48.2 Å². The van der Waals surface area contributed by atoms with Crippen LogP contribution in [0.1, 0.15) is 45.5 Å². The fourth-order valence-electron chi connectivity index (χ4n) is 4.83. The van der Waals surface area contributed by atoms with Gasteiger partial charge in [-0.3, -0.25) is 9.69 Å². The molecule has 1 aliphatic heterocycles. The van der Waals surface area contributed by atoms with Gasteiger partial charge in [-0.05, 0) is 79.1 Å². The Morgan fingerprint density at radius 1 is 1.13 bits per heavy atom. The van der Waals surface area contributed by atoms with Crippen molar-refractivity contribution in [2.75, 3.05) is 18.4 Å². The number of rotatable bonds is 8. The number of amides is 1. The number of ether oxygens (including phenoxy) is 1. The number of carbonyl (C=O) groups excluding carboxylic acids is 1. The molecule has 39 heavy (non-hydrogen) atoms. The lowest BCUT2D eigenvalue weighted by atomic mass is 10.0. The number of aryl methyl sites for hydroxylation is 2. The Balaban J connectivity index is 1.28. The Kier molecular flexibility index (Phi) is 7.87. The van der Waals surface area contributed by atoms with Crippen molar-refractivity contribution >= 4 is 23.2 Å². The van der Waals surface area contributed by atoms with Crippen molar-refractivity contribution < 1.29 is 9.53 Å². The van der Waals surface area contributed by atoms with Crippen molar-refractivity contribution in [1.82, 2.24) is 14.9 Å². The number of hydrogen-bond donors (Lipinski definition) is 2. The van der Waals surface area contributed by atoms with Gasteiger partial charge in [0.2, 0.25) is 17.7 Å². The number of benzene rings is 2. The molecule has 0 radical (unpaired) electrons. The zero-order valence-electron chi connectivity index (χ0n) is 22.0. The lowest BCUT2D eigenvalue weighted by molar-refractivity contribution is 0.1000. The highest BCUT2D eigenvalue weighted by Gasteiger charge is 2.21. The van der Waals surface area contributed by atoms with Gasteiger partial charge < -0.3 is 15.8 Å². The van der Waals surface area contributed by atoms with Crippen LogP contribution in [0.25, 0.3) is 11.3 Å². The molecule has 4 aromatic rings. The molecule has 9 heteroatoms. The van der Waals surface area contributed by atoms with Crippen LogP contribution in [-0.4, -0.2) is 39.9 Å². The number of piperidine rings is 1. The molecular formula is C30H30N6O2S. The number of nitrogens with one attached hydrogen (secondary N) is 1. The zero-order valence-corrected chi connectivity index (χ0v) is 22.8. The molecule has 1 aliphatic rings. The van der Waals surface area contributed by atoms with Gasteiger partial charge in [-0.15, -0.1) is 0 Å². The van der Waals surface area contributed by atoms with Crippen LogP contribution in [0.3, 0.4) is 0 Å². The van der Waals surface area contributed by atoms with Gasteiger partial charge in [-0.2, -0.15) is 21.6 Å². The predicted molar refractivity (Wildman–Crippen MR) is 153 cm³/mol. The number of likely N-dealkylation sites (tertiary alicyclic amines) is 1. The third-order valence-corrected chi connectivity index (χ3v) is 7.56. The molecule has 2 aromatic carbocycles. The number of hydrogen-bond acceptors (Lipinski definition) is 8. The Bertz CT molecular complexity index is 1480. The number of anilines is 1. The van der Waals surface area contributed by atoms with E-state index in [1.807, 2.05) is 55.6 Å². The zero-order chi connectivity index (χ0) is 27.4. The highest BCUT2D eigenvalue weighted by molar-refractivity contribution is 7.08. The SMILES string of the molecule is Cc1cc(C#N)cc(C)c1Oc1cc(-c2ccsc2)nc(NC2CCN(Cc3ccc(C(N)=O)cc3)CC2)n1. The van der Waals surface area contributed by atoms with Crippen LogP contribution in [0.4, 0.5) is 5.95 Å². The summed E-state index contributed by atoms with van der Waals surface area (Å²) < 4.78 is 6.28. The first-order valence-corrected chi connectivity index (χ1v) is 13.8. The molecule has 0 aliphatic carbocycles. The van der Waals surface area contributed by atoms with Crippen molar-refractivity contribution in [3.8, 4) is 29.0 Å². The summed E-state index contributed by atoms with van der Waals surface area (Å²) in [5.41, 5.74) is 11.2. The second kappa shape index (κ2) is 11.6. The van der Waals surface area contributed by atoms with Crippen LogP contribution >= 0.6 is 11.3 Å². The monoisotopic (exact) mass is 538 g/mol. The highest BCUT2D eigenvalue weighted by Crippen LogP contribution is 2.32. The summed E-state index contributed by atoms with van der Waals surface area (Å²) in [6.45, 7) is 6.57. The van der Waals surface area contributed by atoms with Gasteiger partial charge >= 0.3 is 0 Å². The third-order valence-electron chi connectivity index (χ3n) is 6.88. The lowest BCUT2D eigenvalue weighted by Gasteiger charge is -2.32. The largest absolute Gasteiger partial charge is 0.438 e. The normalized spacial score (nSPS) is 14.1. The summed E-state index contributed by atoms with van der Waals surface area (Å²) in [5.74, 6) is 1.29. The van der Waals surface area contributed by atoms with E-state index in [0.717, 1.165) is 60.4 Å². The molecule has 0 unspecified atom stereocenters. The van der Waals surface area contributed by atoms with Crippen molar-refractivity contribution in [3.05, 3.63) is 87.1 Å². The molecule has 198 valence electrons. The molecular weight excluding hydrogens is 508 g/mol. The van der Waals surface area contributed by atoms with Gasteiger partial charge in [-0.1, -0.05) is 12.1 Å². The van der Waals surface area contributed by atoms with Crippen molar-refractivity contribution in [2.24, 2.45) is 5.73 Å². The number of thiophene rings is 1. The molecule has 3 heterocycles. The maximum atomic E-state index is 11.3. The van der Waals surface area contributed by atoms with Crippen molar-refractivity contribution in [3.63, 3.8) is 0 Å². The minimum absolute atomic E-state index is 0.238. The summed E-state index contributed by atoms with van der Waals surface area (Å²) >= 11 is 1.62. The number of nitrogens with zero attached hydrogens (tertiary/aromatic N) is 4. The number of carbonyl (C=O) groups is 1. The first-order chi connectivity index (χ1) is 18.9. The Morgan fingerprint density at radius 3 is 2.46 bits per heavy atom. The van der Waals surface area contributed by atoms with Crippen LogP contribution in [-0.2, 0) is 6.54 Å². The first-order valence-electron chi connectivity index (χ1n) is 12.9. The number of nitrogens with two attached hydrogens (primary N) is 1. The highest BCUT2D eigenvalue weighted by atomic mass is 32.1. The molecule has 8 nitrogen and oxygen atoms in total. The van der Waals surface area contributed by atoms with E-state index in [0.29, 0.717) is 28.7 Å². The molecule has 0 spiro atoms. The van der Waals surface area contributed by atoms with E-state index in [4.69, 9.17) is 20.4 Å². The fourth-order valence-corrected chi connectivity index (χ4v) is 5.48. The predicted octanol–water partition coefficient (Wildman–Crippen LogP) is 5.66. The van der Waals surface area contributed by atoms with Crippen LogP contribution in [0.15, 0.2) is 59.3 Å². The number of aromatic nitrogens is 2. The topological polar surface area (TPSA) is 117 Å². The average Bonchev–Trinajstić information content (AvgIpc) is 3.47. The van der Waals surface area contributed by atoms with E-state index in [9.17, 15) is 10.1 Å². The maximum Gasteiger partial charge on any atom is 0.248 e. The third kappa shape index (κ3) is 6.42. The summed E-state index contributed by atoms with van der Waals surface area (Å²) in [6, 6.07) is 17.5. The smallest absolute Gasteiger partial charge is 0.248 e. The quantitative estimate of drug-likeness (QED) is 0.297. The first kappa shape index (κ1) is 26.4. The lowest BCUT2D eigenvalue weighted by Crippen LogP contribution is -2.39. The minimum atomic E-state index is -0.408. The van der Waals surface area contributed by atoms with E-state index in [2.05, 4.69) is 21.7 Å². The molecule has 0 atom stereocenters. The average molecular weight is 539 g/mol. The summed E-state index contributed by atoms with van der Waals surface area (Å²) in [4.78, 5) is 23.2. The second-order valence-corrected chi connectivity index (χ2v) is 10.6. The molecule has 5 rings (SSSR count). The van der Waals surface area contributed by atoms with Crippen LogP contribution in [0.2, 0.25) is 0 Å². The van der Waals surface area contributed by atoms with Crippen LogP contribution in [0, 0.1) is 25.2 Å². The van der Waals surface area contributed by atoms with Gasteiger partial charge in [0.15, 0.2) is 0 Å². The molecule has 1 saturated heterocycles. The fraction of sp³-hybridized carbons (Fsp3) is 0.267. The van der Waals surface area contributed by atoms with Gasteiger partial charge in [0.05, 0.1) is 17.3 Å². The Morgan fingerprint density at radius 2 is 1.85 bits per heavy atom. The van der Waals surface area contributed by atoms with Gasteiger partial charge in [0.25, 0.3) is 0 Å². The molecule has 1 fully saturated rings. The standard InChI is InChI=1S/C30H30N6O2S/c1-19-13-22(16-31)14-20(2)28(19)38-27-15-26(24-9-12-39-18-24)34-30(35-27)33-25-7-10-36(11-8-25)17-21-3-5-23(6-4-21)29(32)37/h3-6,9,12-15,18,25H,7-8,10-11,17H2,1-2H3,(H2,32,37)(H,33,34,35). The Labute approximate surface area is 232 Å². The van der Waals surface area contributed by atoms with Crippen LogP contribution < -0.4 is 15.8 Å². The molecule has 3 N–H and O–H groups in total. The maximum absolute atomic E-state index is 11.3. The molecule has 0 saturated carbocycles. The van der Waals surface area contributed by atoms with E-state index in [-0.39, 0.29) is 6.04 Å². The number of primary amides is 1. The minimum Gasteiger partial charge on any atom is -0.438 e. The van der Waals surface area contributed by atoms with Gasteiger partial charge in [0.1, 0.15) is 5.75 Å². The summed E-state index contributed by atoms with van der Waals surface area (Å²) in [5, 5.41) is 16.9. The van der Waals surface area contributed by atoms with E-state index in [1.54, 1.807) is 23.5 Å². The van der Waals surface area contributed by atoms with E-state index < -0.39 is 5.91 Å². The second-order valence-electron chi connectivity index (χ2n) is 9.84. The van der Waals surface area contributed by atoms with Crippen molar-refractivity contribution in [1.29, 1.82) is 5.26 Å². The van der Waals surface area contributed by atoms with Gasteiger partial charge in [-0.25, -0.2) is 4.98 Å². The molecule has 1 amide bonds. The van der Waals surface area contributed by atoms with Crippen LogP contribution in [0.5, 0.6) is 11.6 Å². The summed E-state index contributed by atoms with van der Waals surface area (Å²) in [7, 11) is 0. The molecule has 2 aromatic heterocycles. The van der Waals surface area contributed by atoms with E-state index in [1.165, 1.54) is 0 Å². The van der Waals surface area contributed by atoms with E-state index >= 15 is 0 Å². The Hall–Kier alpha value is -4.26. The van der Waals surface area contributed by atoms with Crippen molar-refractivity contribution in [2.45, 2.75) is 39.3 Å². The number of nitriles is 1. The molecule has 0 bridgehead atoms.